The van der Waals surface area contributed by atoms with Crippen LogP contribution in [-0.4, -0.2) is 59.9 Å². The van der Waals surface area contributed by atoms with Crippen molar-refractivity contribution in [3.05, 3.63) is 69.2 Å². The Kier molecular flexibility index (Phi) is 7.97. The van der Waals surface area contributed by atoms with Crippen LogP contribution in [0.3, 0.4) is 0 Å². The minimum atomic E-state index is -0.660. The molecule has 0 aromatic heterocycles. The molecule has 1 aliphatic rings. The van der Waals surface area contributed by atoms with E-state index in [0.717, 1.165) is 22.1 Å². The normalized spacial score (nSPS) is 17.9. The number of hydrogen-bond donors (Lipinski definition) is 1. The molecule has 0 spiro atoms. The molecule has 1 N–H and O–H groups in total. The molecule has 3 rings (SSSR count). The molecule has 0 aliphatic carbocycles. The second kappa shape index (κ2) is 10.5. The highest BCUT2D eigenvalue weighted by Gasteiger charge is 2.45. The molecule has 33 heavy (non-hydrogen) atoms. The van der Waals surface area contributed by atoms with Gasteiger partial charge in [-0.2, -0.15) is 0 Å². The van der Waals surface area contributed by atoms with E-state index in [1.54, 1.807) is 17.0 Å². The standard InChI is InChI=1S/C26H31BrN2O4/c1-16(2)33-20-11-12-21(17(3)15-20)24(30)22-23(18-7-9-19(27)10-8-18)29(26(32)25(22)31)14-6-13-28(4)5/h7-12,15-16,23,30H,6,13-14H2,1-5H3/b24-22-. The summed E-state index contributed by atoms with van der Waals surface area (Å²) in [5, 5.41) is 11.3. The first-order valence-electron chi connectivity index (χ1n) is 11.1. The van der Waals surface area contributed by atoms with E-state index in [2.05, 4.69) is 15.9 Å². The SMILES string of the molecule is Cc1cc(OC(C)C)ccc1/C(O)=C1/C(=O)C(=O)N(CCCN(C)C)C1c1ccc(Br)cc1. The summed E-state index contributed by atoms with van der Waals surface area (Å²) in [4.78, 5) is 29.8. The number of hydrogen-bond acceptors (Lipinski definition) is 5. The Morgan fingerprint density at radius 3 is 2.39 bits per heavy atom. The number of aliphatic hydroxyl groups is 1. The number of rotatable bonds is 8. The van der Waals surface area contributed by atoms with E-state index in [-0.39, 0.29) is 17.4 Å². The minimum Gasteiger partial charge on any atom is -0.507 e. The Morgan fingerprint density at radius 1 is 1.15 bits per heavy atom. The number of ether oxygens (including phenoxy) is 1. The van der Waals surface area contributed by atoms with Crippen LogP contribution in [-0.2, 0) is 9.59 Å². The fourth-order valence-corrected chi connectivity index (χ4v) is 4.32. The molecule has 2 aromatic rings. The van der Waals surface area contributed by atoms with Gasteiger partial charge in [-0.15, -0.1) is 0 Å². The number of benzene rings is 2. The van der Waals surface area contributed by atoms with Gasteiger partial charge in [-0.05, 0) is 89.3 Å². The smallest absolute Gasteiger partial charge is 0.295 e. The second-order valence-electron chi connectivity index (χ2n) is 8.84. The van der Waals surface area contributed by atoms with Crippen LogP contribution in [0.4, 0.5) is 0 Å². The monoisotopic (exact) mass is 514 g/mol. The van der Waals surface area contributed by atoms with Crippen LogP contribution in [0, 0.1) is 6.92 Å². The van der Waals surface area contributed by atoms with Crippen molar-refractivity contribution in [2.75, 3.05) is 27.2 Å². The lowest BCUT2D eigenvalue weighted by Gasteiger charge is -2.26. The number of aliphatic hydroxyl groups excluding tert-OH is 1. The lowest BCUT2D eigenvalue weighted by molar-refractivity contribution is -0.139. The molecular formula is C26H31BrN2O4. The molecule has 0 bridgehead atoms. The van der Waals surface area contributed by atoms with E-state index in [0.29, 0.717) is 24.3 Å². The minimum absolute atomic E-state index is 0.0220. The van der Waals surface area contributed by atoms with Gasteiger partial charge in [0.2, 0.25) is 0 Å². The maximum absolute atomic E-state index is 13.1. The molecule has 7 heteroatoms. The maximum atomic E-state index is 13.1. The van der Waals surface area contributed by atoms with Gasteiger partial charge in [0.05, 0.1) is 17.7 Å². The summed E-state index contributed by atoms with van der Waals surface area (Å²) >= 11 is 3.44. The number of carbonyl (C=O) groups excluding carboxylic acids is 2. The number of nitrogens with zero attached hydrogens (tertiary/aromatic N) is 2. The van der Waals surface area contributed by atoms with Crippen molar-refractivity contribution in [2.24, 2.45) is 0 Å². The van der Waals surface area contributed by atoms with Gasteiger partial charge in [0.25, 0.3) is 11.7 Å². The highest BCUT2D eigenvalue weighted by molar-refractivity contribution is 9.10. The predicted octanol–water partition coefficient (Wildman–Crippen LogP) is 4.92. The molecule has 176 valence electrons. The zero-order chi connectivity index (χ0) is 24.3. The van der Waals surface area contributed by atoms with Crippen LogP contribution in [0.5, 0.6) is 5.75 Å². The van der Waals surface area contributed by atoms with E-state index in [1.165, 1.54) is 0 Å². The molecule has 6 nitrogen and oxygen atoms in total. The molecule has 1 saturated heterocycles. The zero-order valence-electron chi connectivity index (χ0n) is 19.8. The lowest BCUT2D eigenvalue weighted by atomic mass is 9.94. The number of carbonyl (C=O) groups is 2. The molecule has 2 aromatic carbocycles. The van der Waals surface area contributed by atoms with Crippen LogP contribution >= 0.6 is 15.9 Å². The van der Waals surface area contributed by atoms with Crippen LogP contribution in [0.25, 0.3) is 5.76 Å². The van der Waals surface area contributed by atoms with Gasteiger partial charge < -0.3 is 19.6 Å². The van der Waals surface area contributed by atoms with E-state index >= 15 is 0 Å². The summed E-state index contributed by atoms with van der Waals surface area (Å²) in [6.07, 6.45) is 0.738. The molecule has 1 aliphatic heterocycles. The number of aryl methyl sites for hydroxylation is 1. The molecular weight excluding hydrogens is 484 g/mol. The fourth-order valence-electron chi connectivity index (χ4n) is 4.05. The molecule has 1 unspecified atom stereocenters. The van der Waals surface area contributed by atoms with Crippen molar-refractivity contribution in [3.63, 3.8) is 0 Å². The third-order valence-corrected chi connectivity index (χ3v) is 6.08. The zero-order valence-corrected chi connectivity index (χ0v) is 21.3. The van der Waals surface area contributed by atoms with Crippen LogP contribution in [0.2, 0.25) is 0 Å². The van der Waals surface area contributed by atoms with Gasteiger partial charge in [-0.25, -0.2) is 0 Å². The van der Waals surface area contributed by atoms with E-state index in [9.17, 15) is 14.7 Å². The van der Waals surface area contributed by atoms with Gasteiger partial charge in [0.15, 0.2) is 0 Å². The average Bonchev–Trinajstić information content (AvgIpc) is 2.98. The first-order valence-corrected chi connectivity index (χ1v) is 11.9. The molecule has 1 atom stereocenters. The van der Waals surface area contributed by atoms with Gasteiger partial charge >= 0.3 is 0 Å². The quantitative estimate of drug-likeness (QED) is 0.307. The highest BCUT2D eigenvalue weighted by atomic mass is 79.9. The summed E-state index contributed by atoms with van der Waals surface area (Å²) in [7, 11) is 3.94. The first kappa shape index (κ1) is 25.0. The molecule has 1 heterocycles. The van der Waals surface area contributed by atoms with Gasteiger partial charge in [0.1, 0.15) is 11.5 Å². The third kappa shape index (κ3) is 5.65. The second-order valence-corrected chi connectivity index (χ2v) is 9.76. The number of likely N-dealkylation sites (tertiary alicyclic amines) is 1. The Bertz CT molecular complexity index is 1060. The summed E-state index contributed by atoms with van der Waals surface area (Å²) in [5.74, 6) is -0.717. The van der Waals surface area contributed by atoms with Gasteiger partial charge in [-0.1, -0.05) is 28.1 Å². The van der Waals surface area contributed by atoms with E-state index in [1.807, 2.05) is 70.1 Å². The number of amides is 1. The maximum Gasteiger partial charge on any atom is 0.295 e. The first-order chi connectivity index (χ1) is 15.6. The summed E-state index contributed by atoms with van der Waals surface area (Å²) in [6.45, 7) is 6.94. The third-order valence-electron chi connectivity index (χ3n) is 5.55. The Balaban J connectivity index is 2.08. The topological polar surface area (TPSA) is 70.1 Å². The van der Waals surface area contributed by atoms with Crippen LogP contribution < -0.4 is 4.74 Å². The Morgan fingerprint density at radius 2 is 1.82 bits per heavy atom. The number of halogens is 1. The van der Waals surface area contributed by atoms with Gasteiger partial charge in [0, 0.05) is 16.6 Å². The summed E-state index contributed by atoms with van der Waals surface area (Å²) in [6, 6.07) is 12.2. The Labute approximate surface area is 204 Å². The van der Waals surface area contributed by atoms with E-state index in [4.69, 9.17) is 4.74 Å². The van der Waals surface area contributed by atoms with Crippen LogP contribution in [0.1, 0.15) is 43.0 Å². The molecule has 0 saturated carbocycles. The molecule has 0 radical (unpaired) electrons. The molecule has 1 fully saturated rings. The summed E-state index contributed by atoms with van der Waals surface area (Å²) in [5.41, 5.74) is 2.17. The largest absolute Gasteiger partial charge is 0.507 e. The van der Waals surface area contributed by atoms with Crippen LogP contribution in [0.15, 0.2) is 52.5 Å². The average molecular weight is 515 g/mol. The van der Waals surface area contributed by atoms with Crippen molar-refractivity contribution >= 4 is 33.4 Å². The van der Waals surface area contributed by atoms with Crippen molar-refractivity contribution in [1.29, 1.82) is 0 Å². The highest BCUT2D eigenvalue weighted by Crippen LogP contribution is 2.40. The molecule has 1 amide bonds. The van der Waals surface area contributed by atoms with Crippen molar-refractivity contribution in [2.45, 2.75) is 39.3 Å². The summed E-state index contributed by atoms with van der Waals surface area (Å²) < 4.78 is 6.64. The van der Waals surface area contributed by atoms with E-state index < -0.39 is 17.7 Å². The van der Waals surface area contributed by atoms with Crippen molar-refractivity contribution < 1.29 is 19.4 Å². The number of Topliss-reactive ketones (excluding diaryl/α,β-unsaturated/α-hetero) is 1. The van der Waals surface area contributed by atoms with Crippen molar-refractivity contribution in [3.8, 4) is 5.75 Å². The predicted molar refractivity (Wildman–Crippen MR) is 133 cm³/mol. The number of ketones is 1. The fraction of sp³-hybridized carbons (Fsp3) is 0.385. The van der Waals surface area contributed by atoms with Gasteiger partial charge in [-0.3, -0.25) is 9.59 Å². The lowest BCUT2D eigenvalue weighted by Crippen LogP contribution is -2.32. The Hall–Kier alpha value is -2.64. The van der Waals surface area contributed by atoms with Crippen molar-refractivity contribution in [1.82, 2.24) is 9.80 Å².